The van der Waals surface area contributed by atoms with E-state index in [1.54, 1.807) is 6.92 Å². The van der Waals surface area contributed by atoms with Crippen LogP contribution in [0, 0.1) is 11.8 Å². The topological polar surface area (TPSA) is 78.4 Å². The van der Waals surface area contributed by atoms with Gasteiger partial charge < -0.3 is 15.7 Å². The van der Waals surface area contributed by atoms with E-state index in [9.17, 15) is 9.59 Å². The molecule has 0 heterocycles. The molecule has 0 bridgehead atoms. The van der Waals surface area contributed by atoms with Gasteiger partial charge in [-0.3, -0.25) is 0 Å². The molecule has 1 aliphatic rings. The molecule has 1 aliphatic carbocycles. The molecule has 0 aliphatic heterocycles. The van der Waals surface area contributed by atoms with Crippen LogP contribution in [0.2, 0.25) is 0 Å². The molecule has 0 spiro atoms. The molecule has 0 aromatic heterocycles. The van der Waals surface area contributed by atoms with Crippen LogP contribution in [-0.4, -0.2) is 28.7 Å². The van der Waals surface area contributed by atoms with Crippen molar-refractivity contribution in [1.82, 2.24) is 10.6 Å². The van der Waals surface area contributed by atoms with Gasteiger partial charge in [0.25, 0.3) is 0 Å². The Labute approximate surface area is 115 Å². The summed E-state index contributed by atoms with van der Waals surface area (Å²) in [6.45, 7) is 7.66. The van der Waals surface area contributed by atoms with Crippen LogP contribution >= 0.6 is 0 Å². The first kappa shape index (κ1) is 15.8. The third kappa shape index (κ3) is 4.40. The highest BCUT2D eigenvalue weighted by molar-refractivity contribution is 5.85. The van der Waals surface area contributed by atoms with Gasteiger partial charge in [-0.05, 0) is 44.4 Å². The van der Waals surface area contributed by atoms with Gasteiger partial charge in [0.05, 0.1) is 0 Å². The predicted molar refractivity (Wildman–Crippen MR) is 74.0 cm³/mol. The second-order valence-electron chi connectivity index (χ2n) is 6.20. The number of carboxylic acid groups (broad SMARTS) is 1. The molecule has 3 N–H and O–H groups in total. The number of carbonyl (C=O) groups excluding carboxylic acids is 1. The van der Waals surface area contributed by atoms with E-state index >= 15 is 0 Å². The largest absolute Gasteiger partial charge is 0.480 e. The lowest BCUT2D eigenvalue weighted by Gasteiger charge is -2.33. The van der Waals surface area contributed by atoms with Crippen LogP contribution in [0.3, 0.4) is 0 Å². The van der Waals surface area contributed by atoms with Crippen molar-refractivity contribution in [3.8, 4) is 0 Å². The summed E-state index contributed by atoms with van der Waals surface area (Å²) >= 11 is 0. The van der Waals surface area contributed by atoms with Crippen LogP contribution < -0.4 is 10.6 Å². The molecule has 0 aromatic carbocycles. The average molecular weight is 270 g/mol. The van der Waals surface area contributed by atoms with Gasteiger partial charge in [-0.25, -0.2) is 9.59 Å². The van der Waals surface area contributed by atoms with E-state index in [0.717, 1.165) is 12.8 Å². The molecular formula is C14H26N2O3. The van der Waals surface area contributed by atoms with Crippen LogP contribution in [0.1, 0.15) is 53.4 Å². The van der Waals surface area contributed by atoms with E-state index < -0.39 is 11.5 Å². The third-order valence-electron chi connectivity index (χ3n) is 4.08. The van der Waals surface area contributed by atoms with Gasteiger partial charge in [0.1, 0.15) is 5.54 Å². The Balaban J connectivity index is 2.53. The van der Waals surface area contributed by atoms with Crippen molar-refractivity contribution >= 4 is 12.0 Å². The maximum atomic E-state index is 11.9. The molecule has 0 saturated heterocycles. The van der Waals surface area contributed by atoms with Crippen LogP contribution in [0.15, 0.2) is 0 Å². The first-order chi connectivity index (χ1) is 8.76. The van der Waals surface area contributed by atoms with E-state index in [0.29, 0.717) is 18.3 Å². The summed E-state index contributed by atoms with van der Waals surface area (Å²) in [5.41, 5.74) is -1.20. The van der Waals surface area contributed by atoms with Crippen LogP contribution in [0.25, 0.3) is 0 Å². The van der Waals surface area contributed by atoms with Gasteiger partial charge in [-0.2, -0.15) is 0 Å². The lowest BCUT2D eigenvalue weighted by atomic mass is 9.80. The summed E-state index contributed by atoms with van der Waals surface area (Å²) in [6, 6.07) is -0.230. The number of urea groups is 1. The molecule has 1 fully saturated rings. The zero-order chi connectivity index (χ0) is 14.6. The van der Waals surface area contributed by atoms with Gasteiger partial charge in [-0.1, -0.05) is 20.8 Å². The number of amides is 2. The highest BCUT2D eigenvalue weighted by Crippen LogP contribution is 2.28. The zero-order valence-corrected chi connectivity index (χ0v) is 12.3. The maximum Gasteiger partial charge on any atom is 0.329 e. The Morgan fingerprint density at radius 2 is 1.74 bits per heavy atom. The standard InChI is InChI=1S/C14H26N2O3/c1-5-14(4,12(17)18)16-13(19)15-11-7-9(2)6-10(3)8-11/h9-11H,5-8H2,1-4H3,(H,17,18)(H2,15,16,19). The highest BCUT2D eigenvalue weighted by Gasteiger charge is 2.34. The lowest BCUT2D eigenvalue weighted by Crippen LogP contribution is -2.56. The van der Waals surface area contributed by atoms with Gasteiger partial charge in [-0.15, -0.1) is 0 Å². The Bertz CT molecular complexity index is 336. The smallest absolute Gasteiger partial charge is 0.329 e. The highest BCUT2D eigenvalue weighted by atomic mass is 16.4. The number of aliphatic carboxylic acids is 1. The summed E-state index contributed by atoms with van der Waals surface area (Å²) in [5, 5.41) is 14.6. The summed E-state index contributed by atoms with van der Waals surface area (Å²) in [7, 11) is 0. The van der Waals surface area contributed by atoms with E-state index in [1.807, 2.05) is 0 Å². The fourth-order valence-electron chi connectivity index (χ4n) is 2.83. The van der Waals surface area contributed by atoms with E-state index in [1.165, 1.54) is 13.3 Å². The van der Waals surface area contributed by atoms with Crippen molar-refractivity contribution in [2.45, 2.75) is 65.0 Å². The van der Waals surface area contributed by atoms with Crippen molar-refractivity contribution in [2.24, 2.45) is 11.8 Å². The fraction of sp³-hybridized carbons (Fsp3) is 0.857. The molecule has 5 nitrogen and oxygen atoms in total. The molecule has 0 radical (unpaired) electrons. The lowest BCUT2D eigenvalue weighted by molar-refractivity contribution is -0.143. The minimum Gasteiger partial charge on any atom is -0.480 e. The monoisotopic (exact) mass is 270 g/mol. The number of hydrogen-bond donors (Lipinski definition) is 3. The van der Waals surface area contributed by atoms with Gasteiger partial charge >= 0.3 is 12.0 Å². The Kier molecular flexibility index (Phi) is 5.20. The first-order valence-electron chi connectivity index (χ1n) is 7.09. The average Bonchev–Trinajstić information content (AvgIpc) is 2.26. The summed E-state index contributed by atoms with van der Waals surface area (Å²) in [4.78, 5) is 23.1. The van der Waals surface area contributed by atoms with Crippen molar-refractivity contribution in [2.75, 3.05) is 0 Å². The number of rotatable bonds is 4. The van der Waals surface area contributed by atoms with Crippen LogP contribution in [0.5, 0.6) is 0 Å². The van der Waals surface area contributed by atoms with E-state index in [4.69, 9.17) is 5.11 Å². The molecule has 19 heavy (non-hydrogen) atoms. The van der Waals surface area contributed by atoms with Gasteiger partial charge in [0.2, 0.25) is 0 Å². The van der Waals surface area contributed by atoms with Crippen molar-refractivity contribution in [1.29, 1.82) is 0 Å². The molecule has 110 valence electrons. The quantitative estimate of drug-likeness (QED) is 0.733. The molecule has 1 rings (SSSR count). The Morgan fingerprint density at radius 3 is 2.16 bits per heavy atom. The summed E-state index contributed by atoms with van der Waals surface area (Å²) in [5.74, 6) is 0.202. The van der Waals surface area contributed by atoms with Crippen molar-refractivity contribution in [3.05, 3.63) is 0 Å². The summed E-state index contributed by atoms with van der Waals surface area (Å²) < 4.78 is 0. The second-order valence-corrected chi connectivity index (χ2v) is 6.20. The summed E-state index contributed by atoms with van der Waals surface area (Å²) in [6.07, 6.45) is 3.48. The molecule has 1 saturated carbocycles. The van der Waals surface area contributed by atoms with Gasteiger partial charge in [0.15, 0.2) is 0 Å². The van der Waals surface area contributed by atoms with E-state index in [-0.39, 0.29) is 12.1 Å². The Hall–Kier alpha value is -1.26. The number of carboxylic acids is 1. The molecule has 0 aromatic rings. The first-order valence-corrected chi connectivity index (χ1v) is 7.09. The van der Waals surface area contributed by atoms with Gasteiger partial charge in [0, 0.05) is 6.04 Å². The fourth-order valence-corrected chi connectivity index (χ4v) is 2.83. The van der Waals surface area contributed by atoms with Crippen LogP contribution in [0.4, 0.5) is 4.79 Å². The minimum absolute atomic E-state index is 0.147. The van der Waals surface area contributed by atoms with E-state index in [2.05, 4.69) is 24.5 Å². The Morgan fingerprint density at radius 1 is 1.21 bits per heavy atom. The van der Waals surface area contributed by atoms with Crippen LogP contribution in [-0.2, 0) is 4.79 Å². The molecule has 3 unspecified atom stereocenters. The number of nitrogens with one attached hydrogen (secondary N) is 2. The van der Waals surface area contributed by atoms with Crippen molar-refractivity contribution < 1.29 is 14.7 Å². The normalized spacial score (nSPS) is 30.2. The minimum atomic E-state index is -1.20. The SMILES string of the molecule is CCC(C)(NC(=O)NC1CC(C)CC(C)C1)C(=O)O. The number of hydrogen-bond acceptors (Lipinski definition) is 2. The molecular weight excluding hydrogens is 244 g/mol. The maximum absolute atomic E-state index is 11.9. The molecule has 3 atom stereocenters. The second kappa shape index (κ2) is 6.26. The number of carbonyl (C=O) groups is 2. The predicted octanol–water partition coefficient (Wildman–Crippen LogP) is 2.36. The third-order valence-corrected chi connectivity index (χ3v) is 4.08. The molecule has 5 heteroatoms. The zero-order valence-electron chi connectivity index (χ0n) is 12.3. The van der Waals surface area contributed by atoms with Crippen molar-refractivity contribution in [3.63, 3.8) is 0 Å². The molecule has 2 amide bonds.